The second kappa shape index (κ2) is 7.38. The van der Waals surface area contributed by atoms with Gasteiger partial charge in [0.05, 0.1) is 35.0 Å². The summed E-state index contributed by atoms with van der Waals surface area (Å²) in [5.74, 6) is -0.802. The third kappa shape index (κ3) is 4.52. The lowest BCUT2D eigenvalue weighted by Gasteiger charge is -2.31. The largest absolute Gasteiger partial charge is 0.481 e. The van der Waals surface area contributed by atoms with E-state index in [0.717, 1.165) is 42.6 Å². The Labute approximate surface area is 133 Å². The predicted molar refractivity (Wildman–Crippen MR) is 82.1 cm³/mol. The maximum Gasteiger partial charge on any atom is 0.305 e. The number of aromatic nitrogens is 2. The molecule has 0 saturated carbocycles. The van der Waals surface area contributed by atoms with Crippen LogP contribution in [0.1, 0.15) is 30.7 Å². The first-order chi connectivity index (χ1) is 9.97. The van der Waals surface area contributed by atoms with Crippen LogP contribution in [0.3, 0.4) is 0 Å². The highest BCUT2D eigenvalue weighted by Crippen LogP contribution is 2.23. The van der Waals surface area contributed by atoms with E-state index < -0.39 is 5.97 Å². The highest BCUT2D eigenvalue weighted by Gasteiger charge is 2.22. The molecule has 0 bridgehead atoms. The van der Waals surface area contributed by atoms with Crippen molar-refractivity contribution in [1.82, 2.24) is 14.7 Å². The number of hydrogen-bond donors (Lipinski definition) is 1. The summed E-state index contributed by atoms with van der Waals surface area (Å²) < 4.78 is 8.62. The van der Waals surface area contributed by atoms with Gasteiger partial charge in [0.25, 0.3) is 0 Å². The van der Waals surface area contributed by atoms with Gasteiger partial charge in [-0.2, -0.15) is 5.10 Å². The SMILES string of the molecule is Cc1nn(C)c(CN2CCC(OCCC(=O)O)CC2)c1Br. The highest BCUT2D eigenvalue weighted by molar-refractivity contribution is 9.10. The average molecular weight is 360 g/mol. The molecule has 6 nitrogen and oxygen atoms in total. The number of aliphatic carboxylic acids is 1. The first kappa shape index (κ1) is 16.5. The Kier molecular flexibility index (Phi) is 5.78. The number of ether oxygens (including phenoxy) is 1. The monoisotopic (exact) mass is 359 g/mol. The molecule has 1 saturated heterocycles. The molecule has 0 unspecified atom stereocenters. The van der Waals surface area contributed by atoms with Crippen molar-refractivity contribution in [3.63, 3.8) is 0 Å². The zero-order valence-electron chi connectivity index (χ0n) is 12.5. The summed E-state index contributed by atoms with van der Waals surface area (Å²) in [6, 6.07) is 0. The minimum Gasteiger partial charge on any atom is -0.481 e. The number of likely N-dealkylation sites (tertiary alicyclic amines) is 1. The van der Waals surface area contributed by atoms with Crippen LogP contribution in [-0.2, 0) is 23.1 Å². The Morgan fingerprint density at radius 3 is 2.67 bits per heavy atom. The van der Waals surface area contributed by atoms with Gasteiger partial charge in [-0.3, -0.25) is 14.4 Å². The van der Waals surface area contributed by atoms with E-state index in [2.05, 4.69) is 25.9 Å². The molecule has 1 aromatic rings. The lowest BCUT2D eigenvalue weighted by atomic mass is 10.1. The van der Waals surface area contributed by atoms with Crippen molar-refractivity contribution in [2.24, 2.45) is 7.05 Å². The Morgan fingerprint density at radius 2 is 2.14 bits per heavy atom. The average Bonchev–Trinajstić information content (AvgIpc) is 2.67. The van der Waals surface area contributed by atoms with E-state index in [1.165, 1.54) is 5.69 Å². The molecule has 0 radical (unpaired) electrons. The molecule has 0 spiro atoms. The summed E-state index contributed by atoms with van der Waals surface area (Å²) in [5, 5.41) is 13.0. The molecule has 0 aromatic carbocycles. The molecule has 1 aromatic heterocycles. The van der Waals surface area contributed by atoms with Crippen LogP contribution in [0, 0.1) is 6.92 Å². The Bertz CT molecular complexity index is 496. The summed E-state index contributed by atoms with van der Waals surface area (Å²) in [6.45, 7) is 5.12. The van der Waals surface area contributed by atoms with E-state index in [-0.39, 0.29) is 12.5 Å². The Hall–Kier alpha value is -0.920. The third-order valence-electron chi connectivity index (χ3n) is 3.84. The summed E-state index contributed by atoms with van der Waals surface area (Å²) in [6.07, 6.45) is 2.18. The number of carbonyl (C=O) groups is 1. The molecule has 2 rings (SSSR count). The van der Waals surface area contributed by atoms with Gasteiger partial charge in [0.15, 0.2) is 0 Å². The van der Waals surface area contributed by atoms with Gasteiger partial charge >= 0.3 is 5.97 Å². The van der Waals surface area contributed by atoms with Crippen molar-refractivity contribution in [1.29, 1.82) is 0 Å². The summed E-state index contributed by atoms with van der Waals surface area (Å²) in [4.78, 5) is 12.8. The quantitative estimate of drug-likeness (QED) is 0.840. The lowest BCUT2D eigenvalue weighted by molar-refractivity contribution is -0.138. The van der Waals surface area contributed by atoms with E-state index in [0.29, 0.717) is 6.61 Å². The fraction of sp³-hybridized carbons (Fsp3) is 0.714. The standard InChI is InChI=1S/C14H22BrN3O3/c1-10-14(15)12(17(2)16-10)9-18-6-3-11(4-7-18)21-8-5-13(19)20/h11H,3-9H2,1-2H3,(H,19,20). The Balaban J connectivity index is 1.77. The topological polar surface area (TPSA) is 67.6 Å². The summed E-state index contributed by atoms with van der Waals surface area (Å²) in [7, 11) is 1.97. The number of nitrogens with zero attached hydrogens (tertiary/aromatic N) is 3. The fourth-order valence-electron chi connectivity index (χ4n) is 2.61. The highest BCUT2D eigenvalue weighted by atomic mass is 79.9. The fourth-order valence-corrected chi connectivity index (χ4v) is 3.07. The number of piperidine rings is 1. The van der Waals surface area contributed by atoms with Crippen LogP contribution < -0.4 is 0 Å². The van der Waals surface area contributed by atoms with Gasteiger partial charge < -0.3 is 9.84 Å². The van der Waals surface area contributed by atoms with Crippen molar-refractivity contribution < 1.29 is 14.6 Å². The summed E-state index contributed by atoms with van der Waals surface area (Å²) in [5.41, 5.74) is 2.21. The van der Waals surface area contributed by atoms with E-state index in [4.69, 9.17) is 9.84 Å². The number of aryl methyl sites for hydroxylation is 2. The second-order valence-corrected chi connectivity index (χ2v) is 6.25. The number of halogens is 1. The molecule has 1 N–H and O–H groups in total. The van der Waals surface area contributed by atoms with E-state index in [9.17, 15) is 4.79 Å². The molecule has 7 heteroatoms. The summed E-state index contributed by atoms with van der Waals surface area (Å²) >= 11 is 3.60. The van der Waals surface area contributed by atoms with Crippen LogP contribution in [0.25, 0.3) is 0 Å². The Morgan fingerprint density at radius 1 is 1.48 bits per heavy atom. The van der Waals surface area contributed by atoms with Crippen LogP contribution >= 0.6 is 15.9 Å². The zero-order valence-corrected chi connectivity index (χ0v) is 14.1. The lowest BCUT2D eigenvalue weighted by Crippen LogP contribution is -2.37. The minimum atomic E-state index is -0.802. The molecule has 1 aliphatic rings. The van der Waals surface area contributed by atoms with Gasteiger partial charge in [-0.05, 0) is 35.7 Å². The van der Waals surface area contributed by atoms with E-state index in [1.807, 2.05) is 18.7 Å². The van der Waals surface area contributed by atoms with Gasteiger partial charge in [-0.1, -0.05) is 0 Å². The van der Waals surface area contributed by atoms with E-state index >= 15 is 0 Å². The van der Waals surface area contributed by atoms with Gasteiger partial charge in [-0.25, -0.2) is 0 Å². The molecular weight excluding hydrogens is 338 g/mol. The number of carboxylic acid groups (broad SMARTS) is 1. The van der Waals surface area contributed by atoms with Crippen LogP contribution in [0.5, 0.6) is 0 Å². The van der Waals surface area contributed by atoms with Crippen LogP contribution in [0.15, 0.2) is 4.47 Å². The molecule has 2 heterocycles. The van der Waals surface area contributed by atoms with Gasteiger partial charge in [-0.15, -0.1) is 0 Å². The first-order valence-corrected chi connectivity index (χ1v) is 8.00. The van der Waals surface area contributed by atoms with Crippen molar-refractivity contribution in [3.8, 4) is 0 Å². The molecule has 0 amide bonds. The predicted octanol–water partition coefficient (Wildman–Crippen LogP) is 1.95. The van der Waals surface area contributed by atoms with Crippen molar-refractivity contribution in [3.05, 3.63) is 15.9 Å². The first-order valence-electron chi connectivity index (χ1n) is 7.21. The number of rotatable bonds is 6. The second-order valence-electron chi connectivity index (χ2n) is 5.46. The van der Waals surface area contributed by atoms with E-state index in [1.54, 1.807) is 0 Å². The molecule has 1 fully saturated rings. The van der Waals surface area contributed by atoms with Gasteiger partial charge in [0.1, 0.15) is 0 Å². The number of hydrogen-bond acceptors (Lipinski definition) is 4. The third-order valence-corrected chi connectivity index (χ3v) is 4.87. The van der Waals surface area contributed by atoms with Gasteiger partial charge in [0, 0.05) is 26.7 Å². The van der Waals surface area contributed by atoms with Crippen LogP contribution in [-0.4, -0.2) is 51.6 Å². The minimum absolute atomic E-state index is 0.0848. The molecule has 1 aliphatic heterocycles. The van der Waals surface area contributed by atoms with Crippen molar-refractivity contribution >= 4 is 21.9 Å². The normalized spacial score (nSPS) is 17.3. The van der Waals surface area contributed by atoms with Crippen LogP contribution in [0.2, 0.25) is 0 Å². The molecule has 0 aliphatic carbocycles. The molecule has 0 atom stereocenters. The van der Waals surface area contributed by atoms with Crippen LogP contribution in [0.4, 0.5) is 0 Å². The smallest absolute Gasteiger partial charge is 0.305 e. The van der Waals surface area contributed by atoms with Gasteiger partial charge in [0.2, 0.25) is 0 Å². The molecular formula is C14H22BrN3O3. The zero-order chi connectivity index (χ0) is 15.4. The maximum absolute atomic E-state index is 10.5. The maximum atomic E-state index is 10.5. The molecule has 21 heavy (non-hydrogen) atoms. The number of carboxylic acids is 1. The van der Waals surface area contributed by atoms with Crippen molar-refractivity contribution in [2.45, 2.75) is 38.8 Å². The molecule has 118 valence electrons. The van der Waals surface area contributed by atoms with Crippen molar-refractivity contribution in [2.75, 3.05) is 19.7 Å².